The highest BCUT2D eigenvalue weighted by Gasteiger charge is 2.18. The van der Waals surface area contributed by atoms with Gasteiger partial charge in [0.2, 0.25) is 5.91 Å². The summed E-state index contributed by atoms with van der Waals surface area (Å²) in [6.07, 6.45) is 2.11. The molecule has 2 heterocycles. The Hall–Kier alpha value is -2.13. The number of hydrogen-bond acceptors (Lipinski definition) is 6. The molecule has 1 aliphatic rings. The Balaban J connectivity index is 1.70. The van der Waals surface area contributed by atoms with E-state index in [9.17, 15) is 14.4 Å². The lowest BCUT2D eigenvalue weighted by atomic mass is 10.3. The van der Waals surface area contributed by atoms with Gasteiger partial charge in [0.15, 0.2) is 4.80 Å². The number of amides is 2. The maximum atomic E-state index is 12.3. The summed E-state index contributed by atoms with van der Waals surface area (Å²) >= 11 is 2.64. The first-order valence-electron chi connectivity index (χ1n) is 9.25. The fraction of sp³-hybridized carbons (Fsp3) is 0.474. The number of thioether (sulfide) groups is 1. The van der Waals surface area contributed by atoms with Crippen LogP contribution in [0.4, 0.5) is 0 Å². The molecule has 0 saturated carbocycles. The van der Waals surface area contributed by atoms with Gasteiger partial charge in [0.25, 0.3) is 5.91 Å². The third kappa shape index (κ3) is 5.23. The molecule has 3 rings (SSSR count). The van der Waals surface area contributed by atoms with Gasteiger partial charge in [-0.25, -0.2) is 0 Å². The maximum Gasteiger partial charge on any atom is 0.326 e. The van der Waals surface area contributed by atoms with Crippen molar-refractivity contribution in [2.24, 2.45) is 4.99 Å². The van der Waals surface area contributed by atoms with E-state index in [2.05, 4.69) is 4.99 Å². The minimum Gasteiger partial charge on any atom is -0.465 e. The van der Waals surface area contributed by atoms with E-state index >= 15 is 0 Å². The van der Waals surface area contributed by atoms with Crippen LogP contribution in [-0.2, 0) is 25.7 Å². The highest BCUT2D eigenvalue weighted by atomic mass is 32.2. The van der Waals surface area contributed by atoms with Crippen LogP contribution in [0.25, 0.3) is 10.2 Å². The molecule has 0 spiro atoms. The Morgan fingerprint density at radius 2 is 1.93 bits per heavy atom. The molecule has 1 aromatic heterocycles. The zero-order valence-corrected chi connectivity index (χ0v) is 17.4. The van der Waals surface area contributed by atoms with Crippen molar-refractivity contribution < 1.29 is 19.1 Å². The summed E-state index contributed by atoms with van der Waals surface area (Å²) < 4.78 is 7.68. The van der Waals surface area contributed by atoms with Gasteiger partial charge in [0.1, 0.15) is 6.54 Å². The average Bonchev–Trinajstić information content (AvgIpc) is 3.31. The van der Waals surface area contributed by atoms with Crippen molar-refractivity contribution in [3.05, 3.63) is 29.1 Å². The SMILES string of the molecule is CCOC(=O)Cn1c(=NC(=O)CSCC(=O)N2CCCC2)sc2ccccc21. The van der Waals surface area contributed by atoms with Gasteiger partial charge in [-0.3, -0.25) is 14.4 Å². The van der Waals surface area contributed by atoms with Gasteiger partial charge in [0.05, 0.1) is 28.3 Å². The molecule has 0 atom stereocenters. The lowest BCUT2D eigenvalue weighted by molar-refractivity contribution is -0.143. The molecular weight excluding hydrogens is 398 g/mol. The number of fused-ring (bicyclic) bond motifs is 1. The number of thiazole rings is 1. The second kappa shape index (κ2) is 9.88. The largest absolute Gasteiger partial charge is 0.465 e. The molecular formula is C19H23N3O4S2. The van der Waals surface area contributed by atoms with Crippen LogP contribution in [0, 0.1) is 0 Å². The van der Waals surface area contributed by atoms with Crippen LogP contribution < -0.4 is 4.80 Å². The lowest BCUT2D eigenvalue weighted by Gasteiger charge is -2.14. The number of aromatic nitrogens is 1. The molecule has 1 aliphatic heterocycles. The number of ether oxygens (including phenoxy) is 1. The van der Waals surface area contributed by atoms with E-state index in [1.807, 2.05) is 29.2 Å². The van der Waals surface area contributed by atoms with Crippen molar-refractivity contribution in [3.8, 4) is 0 Å². The molecule has 0 radical (unpaired) electrons. The lowest BCUT2D eigenvalue weighted by Crippen LogP contribution is -2.29. The predicted molar refractivity (Wildman–Crippen MR) is 110 cm³/mol. The smallest absolute Gasteiger partial charge is 0.326 e. The first-order valence-corrected chi connectivity index (χ1v) is 11.2. The van der Waals surface area contributed by atoms with Gasteiger partial charge in [-0.2, -0.15) is 4.99 Å². The van der Waals surface area contributed by atoms with Crippen molar-refractivity contribution in [2.75, 3.05) is 31.2 Å². The zero-order chi connectivity index (χ0) is 19.9. The Morgan fingerprint density at radius 3 is 2.68 bits per heavy atom. The summed E-state index contributed by atoms with van der Waals surface area (Å²) in [5.74, 6) is -0.188. The van der Waals surface area contributed by atoms with Crippen LogP contribution in [0.1, 0.15) is 19.8 Å². The standard InChI is InChI=1S/C19H23N3O4S2/c1-2-26-18(25)11-22-14-7-3-4-8-15(14)28-19(22)20-16(23)12-27-13-17(24)21-9-5-6-10-21/h3-4,7-8H,2,5-6,9-13H2,1H3. The molecule has 1 aromatic carbocycles. The second-order valence-electron chi connectivity index (χ2n) is 6.33. The maximum absolute atomic E-state index is 12.3. The van der Waals surface area contributed by atoms with Crippen LogP contribution in [0.2, 0.25) is 0 Å². The molecule has 150 valence electrons. The molecule has 2 amide bonds. The van der Waals surface area contributed by atoms with Crippen molar-refractivity contribution >= 4 is 51.1 Å². The van der Waals surface area contributed by atoms with Gasteiger partial charge in [-0.05, 0) is 31.9 Å². The van der Waals surface area contributed by atoms with E-state index in [1.54, 1.807) is 11.5 Å². The predicted octanol–water partition coefficient (Wildman–Crippen LogP) is 2.05. The Bertz CT molecular complexity index is 929. The van der Waals surface area contributed by atoms with Crippen LogP contribution >= 0.6 is 23.1 Å². The number of para-hydroxylation sites is 1. The van der Waals surface area contributed by atoms with Crippen LogP contribution in [0.15, 0.2) is 29.3 Å². The average molecular weight is 422 g/mol. The molecule has 0 aliphatic carbocycles. The third-order valence-electron chi connectivity index (χ3n) is 4.31. The topological polar surface area (TPSA) is 81.0 Å². The molecule has 0 N–H and O–H groups in total. The molecule has 28 heavy (non-hydrogen) atoms. The van der Waals surface area contributed by atoms with Gasteiger partial charge in [-0.15, -0.1) is 11.8 Å². The molecule has 0 unspecified atom stereocenters. The fourth-order valence-corrected chi connectivity index (χ4v) is 4.76. The van der Waals surface area contributed by atoms with Gasteiger partial charge in [-0.1, -0.05) is 23.5 Å². The first kappa shape index (κ1) is 20.6. The van der Waals surface area contributed by atoms with E-state index in [1.165, 1.54) is 23.1 Å². The second-order valence-corrected chi connectivity index (χ2v) is 8.32. The Morgan fingerprint density at radius 1 is 1.18 bits per heavy atom. The molecule has 7 nitrogen and oxygen atoms in total. The van der Waals surface area contributed by atoms with E-state index < -0.39 is 0 Å². The summed E-state index contributed by atoms with van der Waals surface area (Å²) in [6.45, 7) is 3.68. The van der Waals surface area contributed by atoms with Crippen molar-refractivity contribution in [2.45, 2.75) is 26.3 Å². The van der Waals surface area contributed by atoms with Gasteiger partial charge in [0, 0.05) is 13.1 Å². The summed E-state index contributed by atoms with van der Waals surface area (Å²) in [7, 11) is 0. The fourth-order valence-electron chi connectivity index (χ4n) is 3.02. The quantitative estimate of drug-likeness (QED) is 0.639. The minimum atomic E-state index is -0.370. The normalized spacial score (nSPS) is 14.6. The number of carbonyl (C=O) groups is 3. The summed E-state index contributed by atoms with van der Waals surface area (Å²) in [6, 6.07) is 7.59. The van der Waals surface area contributed by atoms with Crippen LogP contribution in [-0.4, -0.2) is 58.5 Å². The first-order chi connectivity index (χ1) is 13.6. The number of carbonyl (C=O) groups excluding carboxylic acids is 3. The number of benzene rings is 1. The van der Waals surface area contributed by atoms with Crippen molar-refractivity contribution in [1.82, 2.24) is 9.47 Å². The summed E-state index contributed by atoms with van der Waals surface area (Å²) in [5, 5.41) is 0. The van der Waals surface area contributed by atoms with Crippen molar-refractivity contribution in [3.63, 3.8) is 0 Å². The molecule has 0 bridgehead atoms. The zero-order valence-electron chi connectivity index (χ0n) is 15.8. The number of hydrogen-bond donors (Lipinski definition) is 0. The number of esters is 1. The highest BCUT2D eigenvalue weighted by molar-refractivity contribution is 8.00. The summed E-state index contributed by atoms with van der Waals surface area (Å²) in [4.78, 5) is 42.8. The number of likely N-dealkylation sites (tertiary alicyclic amines) is 1. The molecule has 1 saturated heterocycles. The molecule has 9 heteroatoms. The van der Waals surface area contributed by atoms with Gasteiger partial charge < -0.3 is 14.2 Å². The van der Waals surface area contributed by atoms with E-state index in [0.29, 0.717) is 11.4 Å². The minimum absolute atomic E-state index is 0.00452. The van der Waals surface area contributed by atoms with E-state index in [0.717, 1.165) is 36.1 Å². The van der Waals surface area contributed by atoms with E-state index in [4.69, 9.17) is 4.74 Å². The van der Waals surface area contributed by atoms with Gasteiger partial charge >= 0.3 is 5.97 Å². The van der Waals surface area contributed by atoms with Crippen LogP contribution in [0.5, 0.6) is 0 Å². The molecule has 2 aromatic rings. The highest BCUT2D eigenvalue weighted by Crippen LogP contribution is 2.17. The van der Waals surface area contributed by atoms with Crippen molar-refractivity contribution in [1.29, 1.82) is 0 Å². The summed E-state index contributed by atoms with van der Waals surface area (Å²) in [5.41, 5.74) is 0.837. The monoisotopic (exact) mass is 421 g/mol. The van der Waals surface area contributed by atoms with E-state index in [-0.39, 0.29) is 35.8 Å². The number of nitrogens with zero attached hydrogens (tertiary/aromatic N) is 3. The number of rotatable bonds is 7. The van der Waals surface area contributed by atoms with Crippen LogP contribution in [0.3, 0.4) is 0 Å². The third-order valence-corrected chi connectivity index (χ3v) is 6.27. The molecule has 1 fully saturated rings. The Labute approximate surface area is 171 Å². The Kier molecular flexibility index (Phi) is 7.27.